The van der Waals surface area contributed by atoms with Crippen molar-refractivity contribution in [2.75, 3.05) is 23.8 Å². The van der Waals surface area contributed by atoms with Crippen molar-refractivity contribution < 1.29 is 19.5 Å². The summed E-state index contributed by atoms with van der Waals surface area (Å²) < 4.78 is -1.12. The molecule has 2 bridgehead atoms. The topological polar surface area (TPSA) is 98.7 Å². The van der Waals surface area contributed by atoms with E-state index in [1.54, 1.807) is 40.9 Å². The number of fused-ring (bicyclic) bond motifs is 1. The number of hydrogen-bond acceptors (Lipinski definition) is 5. The third-order valence-electron chi connectivity index (χ3n) is 7.77. The number of hydrogen-bond donors (Lipinski definition) is 3. The normalized spacial score (nSPS) is 30.4. The molecule has 3 saturated heterocycles. The molecule has 2 aromatic rings. The van der Waals surface area contributed by atoms with E-state index in [9.17, 15) is 19.5 Å². The standard InChI is InChI=1S/C27H30ClN3O4S/c1-26-13-14-27(36-26)21(20(26)23(33)29-18-7-3-2-4-8-18)25(35)31(15-5-6-16-32)22(27)24(34)30-19-11-9-17(28)10-12-19/h2-4,7-12,20-22,32H,5-6,13-16H2,1H3,(H,29,33)(H,30,34)/t20-,21+,22?,26+,27?/m1/s1. The number of nitrogens with one attached hydrogen (secondary N) is 2. The van der Waals surface area contributed by atoms with Crippen molar-refractivity contribution in [2.24, 2.45) is 11.8 Å². The van der Waals surface area contributed by atoms with Crippen LogP contribution in [-0.4, -0.2) is 56.4 Å². The fourth-order valence-electron chi connectivity index (χ4n) is 6.25. The third-order valence-corrected chi connectivity index (χ3v) is 10.0. The lowest BCUT2D eigenvalue weighted by molar-refractivity contribution is -0.139. The van der Waals surface area contributed by atoms with Crippen molar-refractivity contribution in [1.29, 1.82) is 0 Å². The maximum Gasteiger partial charge on any atom is 0.248 e. The van der Waals surface area contributed by atoms with Crippen LogP contribution in [-0.2, 0) is 14.4 Å². The number of nitrogens with zero attached hydrogens (tertiary/aromatic N) is 1. The van der Waals surface area contributed by atoms with Crippen LogP contribution in [0.3, 0.4) is 0 Å². The molecule has 190 valence electrons. The molecule has 3 fully saturated rings. The van der Waals surface area contributed by atoms with Crippen LogP contribution in [0.15, 0.2) is 54.6 Å². The van der Waals surface area contributed by atoms with Crippen molar-refractivity contribution in [1.82, 2.24) is 4.90 Å². The van der Waals surface area contributed by atoms with Gasteiger partial charge in [0.05, 0.1) is 16.6 Å². The van der Waals surface area contributed by atoms with E-state index >= 15 is 0 Å². The molecule has 7 nitrogen and oxygen atoms in total. The van der Waals surface area contributed by atoms with Gasteiger partial charge < -0.3 is 20.6 Å². The van der Waals surface area contributed by atoms with Gasteiger partial charge >= 0.3 is 0 Å². The van der Waals surface area contributed by atoms with Gasteiger partial charge in [0.2, 0.25) is 17.7 Å². The number of thioether (sulfide) groups is 1. The van der Waals surface area contributed by atoms with Crippen LogP contribution in [0.25, 0.3) is 0 Å². The lowest BCUT2D eigenvalue weighted by atomic mass is 9.66. The zero-order valence-corrected chi connectivity index (χ0v) is 21.6. The predicted octanol–water partition coefficient (Wildman–Crippen LogP) is 4.17. The zero-order valence-electron chi connectivity index (χ0n) is 20.1. The number of unbranched alkanes of at least 4 members (excludes halogenated alkanes) is 1. The Hall–Kier alpha value is -2.55. The van der Waals surface area contributed by atoms with Crippen LogP contribution >= 0.6 is 23.4 Å². The Kier molecular flexibility index (Phi) is 6.78. The van der Waals surface area contributed by atoms with Gasteiger partial charge in [0.25, 0.3) is 0 Å². The Balaban J connectivity index is 1.48. The van der Waals surface area contributed by atoms with Crippen LogP contribution in [0.2, 0.25) is 5.02 Å². The quantitative estimate of drug-likeness (QED) is 0.447. The van der Waals surface area contributed by atoms with E-state index in [1.807, 2.05) is 30.3 Å². The van der Waals surface area contributed by atoms with E-state index in [0.29, 0.717) is 42.2 Å². The summed E-state index contributed by atoms with van der Waals surface area (Å²) >= 11 is 7.64. The maximum atomic E-state index is 14.0. The second-order valence-electron chi connectivity index (χ2n) is 10.0. The van der Waals surface area contributed by atoms with Gasteiger partial charge in [-0.25, -0.2) is 0 Å². The molecular weight excluding hydrogens is 498 g/mol. The summed E-state index contributed by atoms with van der Waals surface area (Å²) in [5.74, 6) is -1.70. The fourth-order valence-corrected chi connectivity index (χ4v) is 8.73. The maximum absolute atomic E-state index is 14.0. The Bertz CT molecular complexity index is 1160. The summed E-state index contributed by atoms with van der Waals surface area (Å²) in [6.07, 6.45) is 2.56. The molecule has 3 aliphatic heterocycles. The van der Waals surface area contributed by atoms with Gasteiger partial charge in [-0.3, -0.25) is 14.4 Å². The molecule has 36 heavy (non-hydrogen) atoms. The van der Waals surface area contributed by atoms with E-state index in [2.05, 4.69) is 17.6 Å². The number of para-hydroxylation sites is 1. The molecule has 0 aromatic heterocycles. The van der Waals surface area contributed by atoms with Gasteiger partial charge in [-0.2, -0.15) is 0 Å². The molecule has 5 rings (SSSR count). The number of halogens is 1. The van der Waals surface area contributed by atoms with Crippen molar-refractivity contribution in [3.8, 4) is 0 Å². The summed E-state index contributed by atoms with van der Waals surface area (Å²) in [7, 11) is 0. The highest BCUT2D eigenvalue weighted by Gasteiger charge is 2.77. The number of carbonyl (C=O) groups is 3. The van der Waals surface area contributed by atoms with Crippen molar-refractivity contribution in [3.05, 3.63) is 59.6 Å². The third kappa shape index (κ3) is 4.19. The lowest BCUT2D eigenvalue weighted by Crippen LogP contribution is -2.51. The number of aliphatic hydroxyl groups is 1. The average molecular weight is 528 g/mol. The van der Waals surface area contributed by atoms with Gasteiger partial charge in [0.15, 0.2) is 0 Å². The van der Waals surface area contributed by atoms with Gasteiger partial charge in [-0.1, -0.05) is 29.8 Å². The first-order valence-corrected chi connectivity index (χ1v) is 13.5. The molecule has 3 heterocycles. The van der Waals surface area contributed by atoms with Crippen LogP contribution in [0.5, 0.6) is 0 Å². The van der Waals surface area contributed by atoms with Gasteiger partial charge in [0.1, 0.15) is 6.04 Å². The minimum absolute atomic E-state index is 0.0210. The van der Waals surface area contributed by atoms with Crippen LogP contribution in [0.1, 0.15) is 32.6 Å². The molecule has 3 N–H and O–H groups in total. The highest BCUT2D eigenvalue weighted by atomic mass is 35.5. The largest absolute Gasteiger partial charge is 0.396 e. The summed E-state index contributed by atoms with van der Waals surface area (Å²) in [6.45, 7) is 2.44. The van der Waals surface area contributed by atoms with Crippen molar-refractivity contribution in [3.63, 3.8) is 0 Å². The van der Waals surface area contributed by atoms with E-state index in [4.69, 9.17) is 11.6 Å². The number of anilines is 2. The van der Waals surface area contributed by atoms with Crippen molar-refractivity contribution >= 4 is 52.5 Å². The lowest BCUT2D eigenvalue weighted by Gasteiger charge is -2.34. The smallest absolute Gasteiger partial charge is 0.248 e. The monoisotopic (exact) mass is 527 g/mol. The van der Waals surface area contributed by atoms with Gasteiger partial charge in [-0.15, -0.1) is 11.8 Å². The first kappa shape index (κ1) is 25.1. The van der Waals surface area contributed by atoms with Gasteiger partial charge in [-0.05, 0) is 69.0 Å². The number of amides is 3. The van der Waals surface area contributed by atoms with Crippen LogP contribution in [0, 0.1) is 11.8 Å². The Morgan fingerprint density at radius 3 is 2.39 bits per heavy atom. The number of aliphatic hydroxyl groups excluding tert-OH is 1. The number of rotatable bonds is 8. The first-order valence-electron chi connectivity index (χ1n) is 12.3. The Labute approximate surface area is 220 Å². The molecule has 5 atom stereocenters. The molecule has 0 aliphatic carbocycles. The molecule has 1 spiro atoms. The van der Waals surface area contributed by atoms with Crippen LogP contribution < -0.4 is 10.6 Å². The first-order chi connectivity index (χ1) is 17.3. The highest BCUT2D eigenvalue weighted by Crippen LogP contribution is 2.71. The number of likely N-dealkylation sites (tertiary alicyclic amines) is 1. The Morgan fingerprint density at radius 1 is 1.03 bits per heavy atom. The average Bonchev–Trinajstić information content (AvgIpc) is 3.42. The summed E-state index contributed by atoms with van der Waals surface area (Å²) in [4.78, 5) is 43.0. The minimum Gasteiger partial charge on any atom is -0.396 e. The Morgan fingerprint density at radius 2 is 1.69 bits per heavy atom. The zero-order chi connectivity index (χ0) is 25.5. The van der Waals surface area contributed by atoms with E-state index in [-0.39, 0.29) is 24.3 Å². The molecule has 2 aromatic carbocycles. The molecule has 3 aliphatic rings. The van der Waals surface area contributed by atoms with E-state index in [1.165, 1.54) is 0 Å². The minimum atomic E-state index is -0.703. The van der Waals surface area contributed by atoms with E-state index in [0.717, 1.165) is 6.42 Å². The SMILES string of the molecule is C[C@@]12CCC3(S1)C(C(=O)Nc1ccc(Cl)cc1)N(CCCCO)C(=O)[C@@H]3[C@@H]2C(=O)Nc1ccccc1. The van der Waals surface area contributed by atoms with Crippen LogP contribution in [0.4, 0.5) is 11.4 Å². The molecule has 0 saturated carbocycles. The molecule has 3 amide bonds. The summed E-state index contributed by atoms with van der Waals surface area (Å²) in [5, 5.41) is 15.9. The second-order valence-corrected chi connectivity index (χ2v) is 12.4. The van der Waals surface area contributed by atoms with Gasteiger partial charge in [0, 0.05) is 34.3 Å². The van der Waals surface area contributed by atoms with Crippen molar-refractivity contribution in [2.45, 2.75) is 48.1 Å². The molecular formula is C27H30ClN3O4S. The van der Waals surface area contributed by atoms with E-state index < -0.39 is 27.4 Å². The molecule has 2 unspecified atom stereocenters. The highest BCUT2D eigenvalue weighted by molar-refractivity contribution is 8.02. The fraction of sp³-hybridized carbons (Fsp3) is 0.444. The second kappa shape index (κ2) is 9.72. The number of carbonyl (C=O) groups excluding carboxylic acids is 3. The summed E-state index contributed by atoms with van der Waals surface area (Å²) in [6, 6.07) is 15.4. The predicted molar refractivity (Wildman–Crippen MR) is 142 cm³/mol. The molecule has 0 radical (unpaired) electrons. The number of benzene rings is 2. The summed E-state index contributed by atoms with van der Waals surface area (Å²) in [5.41, 5.74) is 1.30. The molecule has 9 heteroatoms.